The highest BCUT2D eigenvalue weighted by Crippen LogP contribution is 2.29. The van der Waals surface area contributed by atoms with Crippen LogP contribution < -0.4 is 4.74 Å². The van der Waals surface area contributed by atoms with Crippen molar-refractivity contribution in [2.75, 3.05) is 39.4 Å². The third-order valence-corrected chi connectivity index (χ3v) is 6.02. The van der Waals surface area contributed by atoms with Gasteiger partial charge in [0.15, 0.2) is 5.60 Å². The second-order valence-corrected chi connectivity index (χ2v) is 8.39. The van der Waals surface area contributed by atoms with Crippen LogP contribution in [0.2, 0.25) is 0 Å². The molecule has 2 aliphatic heterocycles. The van der Waals surface area contributed by atoms with Crippen LogP contribution in [0.4, 0.5) is 0 Å². The molecular weight excluding hydrogens is 344 g/mol. The maximum atomic E-state index is 13.1. The van der Waals surface area contributed by atoms with Gasteiger partial charge in [-0.05, 0) is 56.4 Å². The fourth-order valence-electron chi connectivity index (χ4n) is 4.53. The number of carbonyl (C=O) groups is 1. The number of aliphatic hydroxyl groups excluding tert-OH is 1. The Balaban J connectivity index is 1.42. The summed E-state index contributed by atoms with van der Waals surface area (Å²) >= 11 is 0. The number of rotatable bonds is 4. The molecule has 0 saturated carbocycles. The monoisotopic (exact) mass is 374 g/mol. The molecule has 6 heteroatoms. The Hall–Kier alpha value is -1.63. The van der Waals surface area contributed by atoms with E-state index in [1.807, 2.05) is 19.9 Å². The molecule has 2 heterocycles. The normalized spacial score (nSPS) is 26.3. The van der Waals surface area contributed by atoms with Crippen LogP contribution in [0.5, 0.6) is 5.75 Å². The van der Waals surface area contributed by atoms with Crippen LogP contribution in [0.25, 0.3) is 0 Å². The summed E-state index contributed by atoms with van der Waals surface area (Å²) in [4.78, 5) is 17.1. The highest BCUT2D eigenvalue weighted by atomic mass is 16.5. The van der Waals surface area contributed by atoms with Crippen LogP contribution in [0, 0.1) is 0 Å². The lowest BCUT2D eigenvalue weighted by Gasteiger charge is -2.34. The zero-order valence-corrected chi connectivity index (χ0v) is 16.3. The average Bonchev–Trinajstić information content (AvgIpc) is 3.27. The van der Waals surface area contributed by atoms with E-state index in [1.54, 1.807) is 4.90 Å². The molecule has 4 rings (SSSR count). The summed E-state index contributed by atoms with van der Waals surface area (Å²) in [5, 5.41) is 10.5. The Morgan fingerprint density at radius 2 is 1.93 bits per heavy atom. The van der Waals surface area contributed by atoms with Gasteiger partial charge in [0, 0.05) is 26.2 Å². The van der Waals surface area contributed by atoms with E-state index in [0.29, 0.717) is 26.3 Å². The van der Waals surface area contributed by atoms with Gasteiger partial charge in [-0.1, -0.05) is 6.07 Å². The molecule has 0 spiro atoms. The molecule has 1 aromatic rings. The van der Waals surface area contributed by atoms with Crippen molar-refractivity contribution < 1.29 is 19.4 Å². The Morgan fingerprint density at radius 1 is 1.19 bits per heavy atom. The zero-order chi connectivity index (χ0) is 19.0. The molecule has 0 bridgehead atoms. The van der Waals surface area contributed by atoms with Gasteiger partial charge in [-0.25, -0.2) is 0 Å². The largest absolute Gasteiger partial charge is 0.478 e. The van der Waals surface area contributed by atoms with Crippen LogP contribution >= 0.6 is 0 Å². The number of β-amino-alcohol motifs (C(OH)–C–C–N with tert-alkyl or cyclic N) is 1. The number of aliphatic hydroxyl groups is 1. The topological polar surface area (TPSA) is 62.2 Å². The van der Waals surface area contributed by atoms with E-state index in [0.717, 1.165) is 31.7 Å². The lowest BCUT2D eigenvalue weighted by atomic mass is 10.1. The van der Waals surface area contributed by atoms with Gasteiger partial charge >= 0.3 is 0 Å². The number of likely N-dealkylation sites (tertiary alicyclic amines) is 1. The number of hydrogen-bond acceptors (Lipinski definition) is 5. The fourth-order valence-corrected chi connectivity index (χ4v) is 4.53. The van der Waals surface area contributed by atoms with Crippen molar-refractivity contribution in [3.05, 3.63) is 29.3 Å². The third kappa shape index (κ3) is 3.84. The Bertz CT molecular complexity index is 699. The number of benzene rings is 1. The number of morpholine rings is 1. The van der Waals surface area contributed by atoms with Crippen molar-refractivity contribution in [3.63, 3.8) is 0 Å². The van der Waals surface area contributed by atoms with Gasteiger partial charge in [-0.3, -0.25) is 9.69 Å². The minimum atomic E-state index is -0.966. The molecule has 6 nitrogen and oxygen atoms in total. The molecule has 27 heavy (non-hydrogen) atoms. The van der Waals surface area contributed by atoms with Crippen LogP contribution in [0.15, 0.2) is 18.2 Å². The quantitative estimate of drug-likeness (QED) is 0.859. The van der Waals surface area contributed by atoms with Crippen molar-refractivity contribution in [2.24, 2.45) is 0 Å². The number of ether oxygens (including phenoxy) is 2. The van der Waals surface area contributed by atoms with Crippen LogP contribution in [-0.4, -0.2) is 78.0 Å². The third-order valence-electron chi connectivity index (χ3n) is 6.02. The first kappa shape index (κ1) is 18.7. The van der Waals surface area contributed by atoms with Crippen molar-refractivity contribution in [2.45, 2.75) is 50.9 Å². The molecule has 2 fully saturated rings. The molecule has 0 aromatic heterocycles. The van der Waals surface area contributed by atoms with Gasteiger partial charge in [0.05, 0.1) is 25.4 Å². The van der Waals surface area contributed by atoms with Gasteiger partial charge in [0.2, 0.25) is 0 Å². The molecule has 1 N–H and O–H groups in total. The highest BCUT2D eigenvalue weighted by molar-refractivity contribution is 5.85. The summed E-state index contributed by atoms with van der Waals surface area (Å²) in [6.07, 6.45) is 2.88. The summed E-state index contributed by atoms with van der Waals surface area (Å²) in [6.45, 7) is 7.51. The predicted octanol–water partition coefficient (Wildman–Crippen LogP) is 1.24. The molecule has 2 saturated heterocycles. The van der Waals surface area contributed by atoms with Crippen LogP contribution in [0.1, 0.15) is 31.4 Å². The van der Waals surface area contributed by atoms with E-state index in [9.17, 15) is 9.90 Å². The zero-order valence-electron chi connectivity index (χ0n) is 16.3. The molecule has 2 atom stereocenters. The van der Waals surface area contributed by atoms with Gasteiger partial charge < -0.3 is 19.5 Å². The molecule has 1 aliphatic carbocycles. The van der Waals surface area contributed by atoms with Crippen LogP contribution in [0.3, 0.4) is 0 Å². The minimum absolute atomic E-state index is 0.0198. The van der Waals surface area contributed by atoms with Gasteiger partial charge in [0.1, 0.15) is 5.75 Å². The average molecular weight is 374 g/mol. The van der Waals surface area contributed by atoms with E-state index in [2.05, 4.69) is 17.0 Å². The maximum Gasteiger partial charge on any atom is 0.266 e. The first-order valence-corrected chi connectivity index (χ1v) is 10.0. The van der Waals surface area contributed by atoms with E-state index in [-0.39, 0.29) is 11.9 Å². The molecule has 1 amide bonds. The van der Waals surface area contributed by atoms with Crippen molar-refractivity contribution in [1.82, 2.24) is 9.80 Å². The maximum absolute atomic E-state index is 13.1. The number of hydrogen-bond donors (Lipinski definition) is 1. The fraction of sp³-hybridized carbons (Fsp3) is 0.667. The molecule has 0 unspecified atom stereocenters. The first-order chi connectivity index (χ1) is 12.9. The highest BCUT2D eigenvalue weighted by Gasteiger charge is 2.43. The molecule has 0 radical (unpaired) electrons. The molecule has 1 aromatic carbocycles. The van der Waals surface area contributed by atoms with Crippen molar-refractivity contribution in [3.8, 4) is 5.75 Å². The summed E-state index contributed by atoms with van der Waals surface area (Å²) in [5.41, 5.74) is 1.76. The summed E-state index contributed by atoms with van der Waals surface area (Å²) in [5.74, 6) is 0.677. The molecule has 148 valence electrons. The Kier molecular flexibility index (Phi) is 5.14. The van der Waals surface area contributed by atoms with E-state index >= 15 is 0 Å². The first-order valence-electron chi connectivity index (χ1n) is 10.0. The SMILES string of the molecule is CC(C)(Oc1ccc2c(c1)CCC2)C(=O)N1C[C@H](O)[C@@H](N2CCOCC2)C1. The Labute approximate surface area is 161 Å². The van der Waals surface area contributed by atoms with Crippen LogP contribution in [-0.2, 0) is 22.4 Å². The van der Waals surface area contributed by atoms with Gasteiger partial charge in [0.25, 0.3) is 5.91 Å². The van der Waals surface area contributed by atoms with Crippen molar-refractivity contribution in [1.29, 1.82) is 0 Å². The minimum Gasteiger partial charge on any atom is -0.478 e. The molecule has 3 aliphatic rings. The number of nitrogens with zero attached hydrogens (tertiary/aromatic N) is 2. The number of aryl methyl sites for hydroxylation is 2. The van der Waals surface area contributed by atoms with E-state index < -0.39 is 11.7 Å². The summed E-state index contributed by atoms with van der Waals surface area (Å²) in [7, 11) is 0. The number of amides is 1. The lowest BCUT2D eigenvalue weighted by Crippen LogP contribution is -2.50. The number of fused-ring (bicyclic) bond motifs is 1. The van der Waals surface area contributed by atoms with E-state index in [1.165, 1.54) is 17.5 Å². The summed E-state index contributed by atoms with van der Waals surface area (Å²) in [6, 6.07) is 6.14. The second kappa shape index (κ2) is 7.41. The van der Waals surface area contributed by atoms with E-state index in [4.69, 9.17) is 9.47 Å². The lowest BCUT2D eigenvalue weighted by molar-refractivity contribution is -0.144. The Morgan fingerprint density at radius 3 is 2.70 bits per heavy atom. The van der Waals surface area contributed by atoms with Gasteiger partial charge in [-0.15, -0.1) is 0 Å². The molecular formula is C21H30N2O4. The summed E-state index contributed by atoms with van der Waals surface area (Å²) < 4.78 is 11.5. The van der Waals surface area contributed by atoms with Gasteiger partial charge in [-0.2, -0.15) is 0 Å². The second-order valence-electron chi connectivity index (χ2n) is 8.39. The number of carbonyl (C=O) groups excluding carboxylic acids is 1. The van der Waals surface area contributed by atoms with Crippen molar-refractivity contribution >= 4 is 5.91 Å². The smallest absolute Gasteiger partial charge is 0.266 e. The standard InChI is InChI=1S/C21H30N2O4/c1-21(2,27-17-7-6-15-4-3-5-16(15)12-17)20(25)23-13-18(19(24)14-23)22-8-10-26-11-9-22/h6-7,12,18-19,24H,3-5,8-11,13-14H2,1-2H3/t18-,19-/m0/s1. The predicted molar refractivity (Wildman–Crippen MR) is 102 cm³/mol.